The second-order valence-electron chi connectivity index (χ2n) is 5.41. The Bertz CT molecular complexity index is 606. The number of ether oxygens (including phenoxy) is 1. The zero-order valence-corrected chi connectivity index (χ0v) is 12.4. The molecule has 1 unspecified atom stereocenters. The number of nitrogens with one attached hydrogen (secondary N) is 2. The number of hydrogen-bond acceptors (Lipinski definition) is 4. The third-order valence-corrected chi connectivity index (χ3v) is 3.68. The number of benzene rings is 1. The van der Waals surface area contributed by atoms with Gasteiger partial charge in [-0.1, -0.05) is 30.3 Å². The Balaban J connectivity index is 1.44. The van der Waals surface area contributed by atoms with Gasteiger partial charge in [0.1, 0.15) is 5.82 Å². The topological polar surface area (TPSA) is 79.9 Å². The van der Waals surface area contributed by atoms with E-state index in [1.807, 2.05) is 30.3 Å². The Morgan fingerprint density at radius 3 is 3.00 bits per heavy atom. The van der Waals surface area contributed by atoms with Crippen LogP contribution in [0.4, 0.5) is 0 Å². The molecule has 0 spiro atoms. The fourth-order valence-corrected chi connectivity index (χ4v) is 2.53. The van der Waals surface area contributed by atoms with Crippen LogP contribution in [0.3, 0.4) is 0 Å². The van der Waals surface area contributed by atoms with E-state index in [-0.39, 0.29) is 12.0 Å². The van der Waals surface area contributed by atoms with Crippen molar-refractivity contribution in [3.8, 4) is 11.4 Å². The largest absolute Gasteiger partial charge is 0.378 e. The lowest BCUT2D eigenvalue weighted by atomic mass is 10.2. The van der Waals surface area contributed by atoms with Crippen molar-refractivity contribution in [2.24, 2.45) is 0 Å². The molecule has 116 valence electrons. The molecule has 6 nitrogen and oxygen atoms in total. The van der Waals surface area contributed by atoms with Crippen LogP contribution >= 0.6 is 0 Å². The minimum atomic E-state index is 0.0368. The molecule has 22 heavy (non-hydrogen) atoms. The summed E-state index contributed by atoms with van der Waals surface area (Å²) in [6.07, 6.45) is 3.21. The van der Waals surface area contributed by atoms with Crippen molar-refractivity contribution in [3.05, 3.63) is 36.2 Å². The van der Waals surface area contributed by atoms with E-state index < -0.39 is 0 Å². The predicted octanol–water partition coefficient (Wildman–Crippen LogP) is 1.70. The molecule has 2 heterocycles. The average molecular weight is 300 g/mol. The minimum Gasteiger partial charge on any atom is -0.378 e. The standard InChI is InChI=1S/C16H20N4O2/c21-15(11-13-7-4-10-22-13)17-9-8-14-18-16(20-19-14)12-5-2-1-3-6-12/h1-3,5-6,13H,4,7-11H2,(H,17,21)(H,18,19,20). The van der Waals surface area contributed by atoms with Crippen LogP contribution in [0, 0.1) is 0 Å². The molecule has 2 aromatic rings. The SMILES string of the molecule is O=C(CC1CCCO1)NCCc1nc(-c2ccccc2)n[nH]1. The van der Waals surface area contributed by atoms with Gasteiger partial charge in [0.2, 0.25) is 5.91 Å². The first-order chi connectivity index (χ1) is 10.8. The predicted molar refractivity (Wildman–Crippen MR) is 82.1 cm³/mol. The summed E-state index contributed by atoms with van der Waals surface area (Å²) in [5.41, 5.74) is 0.979. The molecule has 1 aromatic heterocycles. The lowest BCUT2D eigenvalue weighted by Gasteiger charge is -2.08. The highest BCUT2D eigenvalue weighted by molar-refractivity contribution is 5.76. The molecule has 1 aliphatic rings. The number of nitrogens with zero attached hydrogens (tertiary/aromatic N) is 2. The zero-order chi connectivity index (χ0) is 15.2. The van der Waals surface area contributed by atoms with Crippen LogP contribution in [0.2, 0.25) is 0 Å². The first kappa shape index (κ1) is 14.7. The zero-order valence-electron chi connectivity index (χ0n) is 12.4. The summed E-state index contributed by atoms with van der Waals surface area (Å²) in [5.74, 6) is 1.49. The van der Waals surface area contributed by atoms with Crippen molar-refractivity contribution in [1.29, 1.82) is 0 Å². The van der Waals surface area contributed by atoms with Gasteiger partial charge in [-0.25, -0.2) is 4.98 Å². The number of H-pyrrole nitrogens is 1. The minimum absolute atomic E-state index is 0.0368. The summed E-state index contributed by atoms with van der Waals surface area (Å²) in [5, 5.41) is 10.0. The first-order valence-electron chi connectivity index (χ1n) is 7.66. The van der Waals surface area contributed by atoms with Crippen LogP contribution in [-0.4, -0.2) is 40.3 Å². The normalized spacial score (nSPS) is 17.5. The molecule has 0 aliphatic carbocycles. The van der Waals surface area contributed by atoms with Gasteiger partial charge in [-0.3, -0.25) is 9.89 Å². The summed E-state index contributed by atoms with van der Waals surface area (Å²) < 4.78 is 5.45. The Morgan fingerprint density at radius 1 is 1.36 bits per heavy atom. The van der Waals surface area contributed by atoms with E-state index in [1.54, 1.807) is 0 Å². The van der Waals surface area contributed by atoms with Crippen molar-refractivity contribution < 1.29 is 9.53 Å². The highest BCUT2D eigenvalue weighted by atomic mass is 16.5. The molecular weight excluding hydrogens is 280 g/mol. The monoisotopic (exact) mass is 300 g/mol. The molecule has 0 radical (unpaired) electrons. The van der Waals surface area contributed by atoms with Crippen LogP contribution < -0.4 is 5.32 Å². The lowest BCUT2D eigenvalue weighted by Crippen LogP contribution is -2.29. The first-order valence-corrected chi connectivity index (χ1v) is 7.66. The van der Waals surface area contributed by atoms with E-state index in [4.69, 9.17) is 4.74 Å². The fraction of sp³-hybridized carbons (Fsp3) is 0.438. The highest BCUT2D eigenvalue weighted by Crippen LogP contribution is 2.15. The summed E-state index contributed by atoms with van der Waals surface area (Å²) in [6, 6.07) is 9.81. The molecule has 1 saturated heterocycles. The lowest BCUT2D eigenvalue weighted by molar-refractivity contribution is -0.123. The maximum atomic E-state index is 11.8. The van der Waals surface area contributed by atoms with Crippen molar-refractivity contribution in [1.82, 2.24) is 20.5 Å². The van der Waals surface area contributed by atoms with Gasteiger partial charge < -0.3 is 10.1 Å². The van der Waals surface area contributed by atoms with Gasteiger partial charge in [0, 0.05) is 25.1 Å². The summed E-state index contributed by atoms with van der Waals surface area (Å²) in [6.45, 7) is 1.33. The average Bonchev–Trinajstić information content (AvgIpc) is 3.20. The molecule has 1 amide bonds. The van der Waals surface area contributed by atoms with E-state index in [0.717, 1.165) is 30.8 Å². The van der Waals surface area contributed by atoms with Gasteiger partial charge in [0.15, 0.2) is 5.82 Å². The maximum absolute atomic E-state index is 11.8. The summed E-state index contributed by atoms with van der Waals surface area (Å²) >= 11 is 0. The van der Waals surface area contributed by atoms with Gasteiger partial charge in [-0.05, 0) is 12.8 Å². The van der Waals surface area contributed by atoms with Crippen LogP contribution in [-0.2, 0) is 16.0 Å². The summed E-state index contributed by atoms with van der Waals surface area (Å²) in [4.78, 5) is 16.2. The number of carbonyl (C=O) groups is 1. The van der Waals surface area contributed by atoms with Gasteiger partial charge >= 0.3 is 0 Å². The molecule has 1 fully saturated rings. The Hall–Kier alpha value is -2.21. The van der Waals surface area contributed by atoms with E-state index in [1.165, 1.54) is 0 Å². The van der Waals surface area contributed by atoms with Crippen LogP contribution in [0.15, 0.2) is 30.3 Å². The van der Waals surface area contributed by atoms with Crippen molar-refractivity contribution in [3.63, 3.8) is 0 Å². The number of hydrogen-bond donors (Lipinski definition) is 2. The quantitative estimate of drug-likeness (QED) is 0.851. The Kier molecular flexibility index (Phi) is 4.80. The van der Waals surface area contributed by atoms with E-state index in [2.05, 4.69) is 20.5 Å². The van der Waals surface area contributed by atoms with Crippen molar-refractivity contribution in [2.45, 2.75) is 31.8 Å². The third-order valence-electron chi connectivity index (χ3n) is 3.68. The third kappa shape index (κ3) is 3.92. The number of aromatic nitrogens is 3. The molecule has 1 aromatic carbocycles. The fourth-order valence-electron chi connectivity index (χ4n) is 2.53. The molecule has 1 atom stereocenters. The number of rotatable bonds is 6. The molecule has 0 saturated carbocycles. The number of aromatic amines is 1. The van der Waals surface area contributed by atoms with Gasteiger partial charge in [-0.15, -0.1) is 0 Å². The Morgan fingerprint density at radius 2 is 2.23 bits per heavy atom. The second-order valence-corrected chi connectivity index (χ2v) is 5.41. The number of amides is 1. The van der Waals surface area contributed by atoms with Crippen LogP contribution in [0.25, 0.3) is 11.4 Å². The molecule has 0 bridgehead atoms. The smallest absolute Gasteiger partial charge is 0.222 e. The second kappa shape index (κ2) is 7.17. The van der Waals surface area contributed by atoms with E-state index in [0.29, 0.717) is 25.2 Å². The molecule has 3 rings (SSSR count). The van der Waals surface area contributed by atoms with Crippen molar-refractivity contribution in [2.75, 3.05) is 13.2 Å². The van der Waals surface area contributed by atoms with E-state index in [9.17, 15) is 4.79 Å². The summed E-state index contributed by atoms with van der Waals surface area (Å²) in [7, 11) is 0. The molecule has 1 aliphatic heterocycles. The molecule has 6 heteroatoms. The van der Waals surface area contributed by atoms with Crippen LogP contribution in [0.1, 0.15) is 25.1 Å². The van der Waals surface area contributed by atoms with Crippen LogP contribution in [0.5, 0.6) is 0 Å². The Labute approximate surface area is 129 Å². The molecule has 2 N–H and O–H groups in total. The highest BCUT2D eigenvalue weighted by Gasteiger charge is 2.18. The van der Waals surface area contributed by atoms with Gasteiger partial charge in [0.25, 0.3) is 0 Å². The van der Waals surface area contributed by atoms with Gasteiger partial charge in [0.05, 0.1) is 12.5 Å². The van der Waals surface area contributed by atoms with Gasteiger partial charge in [-0.2, -0.15) is 5.10 Å². The molecular formula is C16H20N4O2. The van der Waals surface area contributed by atoms with Crippen molar-refractivity contribution >= 4 is 5.91 Å². The van der Waals surface area contributed by atoms with E-state index >= 15 is 0 Å². The maximum Gasteiger partial charge on any atom is 0.222 e. The number of carbonyl (C=O) groups excluding carboxylic acids is 1.